The number of hydrogen-bond donors (Lipinski definition) is 1. The molecule has 23 heavy (non-hydrogen) atoms. The third-order valence-electron chi connectivity index (χ3n) is 4.38. The second kappa shape index (κ2) is 8.41. The first-order valence-electron chi connectivity index (χ1n) is 7.52. The molecule has 120 valence electrons. The van der Waals surface area contributed by atoms with Crippen LogP contribution in [-0.2, 0) is 6.32 Å². The smallest absolute Gasteiger partial charge is 0.449 e. The van der Waals surface area contributed by atoms with Crippen molar-refractivity contribution < 1.29 is 64.3 Å². The summed E-state index contributed by atoms with van der Waals surface area (Å²) in [5.74, 6) is 2.59. The van der Waals surface area contributed by atoms with Crippen LogP contribution >= 0.6 is 0 Å². The number of rotatable bonds is 3. The molecule has 2 rings (SSSR count). The van der Waals surface area contributed by atoms with E-state index in [1.807, 2.05) is 6.92 Å². The molecule has 0 radical (unpaired) electrons. The number of piperazine rings is 1. The Morgan fingerprint density at radius 2 is 1.65 bits per heavy atom. The predicted molar refractivity (Wildman–Crippen MR) is 86.5 cm³/mol. The van der Waals surface area contributed by atoms with Gasteiger partial charge >= 0.3 is 58.4 Å². The molecule has 1 aromatic carbocycles. The Morgan fingerprint density at radius 3 is 2.13 bits per heavy atom. The van der Waals surface area contributed by atoms with Crippen molar-refractivity contribution in [2.45, 2.75) is 27.1 Å². The molecular weight excluding hydrogens is 327 g/mol. The molecule has 0 aromatic heterocycles. The average Bonchev–Trinajstić information content (AvgIpc) is 2.44. The van der Waals surface area contributed by atoms with Gasteiger partial charge in [-0.15, -0.1) is 6.42 Å². The molecule has 1 aliphatic heterocycles. The fourth-order valence-corrected chi connectivity index (χ4v) is 3.37. The van der Waals surface area contributed by atoms with Crippen molar-refractivity contribution in [3.8, 4) is 12.3 Å². The maximum absolute atomic E-state index is 13.0. The molecule has 0 saturated carbocycles. The fourth-order valence-electron chi connectivity index (χ4n) is 3.37. The number of hydrogen-bond acceptors (Lipinski definition) is 2. The molecule has 0 spiro atoms. The van der Waals surface area contributed by atoms with Crippen molar-refractivity contribution in [1.29, 1.82) is 0 Å². The molecule has 1 saturated heterocycles. The molecule has 2 nitrogen and oxygen atoms in total. The van der Waals surface area contributed by atoms with Crippen LogP contribution < -0.4 is 61.6 Å². The van der Waals surface area contributed by atoms with Crippen LogP contribution in [0, 0.1) is 33.1 Å². The minimum Gasteiger partial charge on any atom is -0.449 e. The summed E-state index contributed by atoms with van der Waals surface area (Å²) in [6.07, 6.45) is 4.71. The van der Waals surface area contributed by atoms with Gasteiger partial charge < -0.3 is 23.2 Å². The summed E-state index contributed by atoms with van der Waals surface area (Å²) in [6.45, 7) is 3.74. The molecule has 7 heteroatoms. The topological polar surface area (TPSA) is 15.3 Å². The standard InChI is InChI=1S/C16H21BF3N2.K/c1-5-14-11(2)15(10-17(18,19)20)13(4)16(12(14)3)22-8-6-21-7-9-22;/h1,21H,6-10H2,2-4H3;/q-1;+1. The minimum absolute atomic E-state index is 0. The molecule has 0 unspecified atom stereocenters. The van der Waals surface area contributed by atoms with Crippen LogP contribution in [0.3, 0.4) is 0 Å². The predicted octanol–water partition coefficient (Wildman–Crippen LogP) is -0.0641. The van der Waals surface area contributed by atoms with Crippen LogP contribution in [0.15, 0.2) is 0 Å². The van der Waals surface area contributed by atoms with Gasteiger partial charge in [-0.2, -0.15) is 0 Å². The Bertz CT molecular complexity index is 617. The zero-order valence-electron chi connectivity index (χ0n) is 14.3. The van der Waals surface area contributed by atoms with Gasteiger partial charge in [0.05, 0.1) is 0 Å². The summed E-state index contributed by atoms with van der Waals surface area (Å²) >= 11 is 0. The molecule has 1 aliphatic rings. The number of nitrogens with zero attached hydrogens (tertiary/aromatic N) is 1. The molecule has 0 aliphatic carbocycles. The summed E-state index contributed by atoms with van der Waals surface area (Å²) in [5, 5.41) is 3.26. The normalized spacial score (nSPS) is 15.1. The van der Waals surface area contributed by atoms with E-state index in [4.69, 9.17) is 6.42 Å². The minimum atomic E-state index is -4.89. The van der Waals surface area contributed by atoms with Gasteiger partial charge in [0.15, 0.2) is 0 Å². The van der Waals surface area contributed by atoms with E-state index in [1.54, 1.807) is 13.8 Å². The van der Waals surface area contributed by atoms with Gasteiger partial charge in [-0.25, -0.2) is 0 Å². The summed E-state index contributed by atoms with van der Waals surface area (Å²) in [4.78, 5) is 2.15. The molecule has 1 heterocycles. The zero-order chi connectivity index (χ0) is 16.5. The van der Waals surface area contributed by atoms with Crippen molar-refractivity contribution in [3.05, 3.63) is 27.8 Å². The van der Waals surface area contributed by atoms with Crippen LogP contribution in [-0.4, -0.2) is 33.2 Å². The van der Waals surface area contributed by atoms with Crippen molar-refractivity contribution >= 4 is 12.7 Å². The van der Waals surface area contributed by atoms with Gasteiger partial charge in [0.2, 0.25) is 0 Å². The van der Waals surface area contributed by atoms with Gasteiger partial charge in [-0.3, -0.25) is 0 Å². The second-order valence-electron chi connectivity index (χ2n) is 5.87. The van der Waals surface area contributed by atoms with Gasteiger partial charge in [0.25, 0.3) is 0 Å². The number of terminal acetylenes is 1. The molecule has 0 bridgehead atoms. The third kappa shape index (κ3) is 4.77. The van der Waals surface area contributed by atoms with Gasteiger partial charge in [0.1, 0.15) is 0 Å². The summed E-state index contributed by atoms with van der Waals surface area (Å²) in [6, 6.07) is 0. The first-order valence-corrected chi connectivity index (χ1v) is 7.52. The SMILES string of the molecule is C#Cc1c(C)c(C[B-](F)(F)F)c(C)c(N2CCNCC2)c1C.[K+]. The molecule has 1 fully saturated rings. The first kappa shape index (κ1) is 21.1. The van der Waals surface area contributed by atoms with Crippen molar-refractivity contribution in [2.24, 2.45) is 0 Å². The van der Waals surface area contributed by atoms with Crippen molar-refractivity contribution in [1.82, 2.24) is 5.32 Å². The molecule has 0 atom stereocenters. The number of anilines is 1. The van der Waals surface area contributed by atoms with E-state index < -0.39 is 13.3 Å². The van der Waals surface area contributed by atoms with E-state index in [9.17, 15) is 12.9 Å². The van der Waals surface area contributed by atoms with E-state index in [-0.39, 0.29) is 51.4 Å². The van der Waals surface area contributed by atoms with Crippen molar-refractivity contribution in [2.75, 3.05) is 31.1 Å². The van der Waals surface area contributed by atoms with E-state index in [1.165, 1.54) is 0 Å². The average molecular weight is 348 g/mol. The van der Waals surface area contributed by atoms with Gasteiger partial charge in [-0.05, 0) is 37.5 Å². The number of benzene rings is 1. The van der Waals surface area contributed by atoms with E-state index >= 15 is 0 Å². The maximum atomic E-state index is 13.0. The second-order valence-corrected chi connectivity index (χ2v) is 5.87. The van der Waals surface area contributed by atoms with Crippen LogP contribution in [0.4, 0.5) is 18.6 Å². The third-order valence-corrected chi connectivity index (χ3v) is 4.38. The summed E-state index contributed by atoms with van der Waals surface area (Å²) in [7, 11) is 0. The Morgan fingerprint density at radius 1 is 1.09 bits per heavy atom. The van der Waals surface area contributed by atoms with Crippen molar-refractivity contribution in [3.63, 3.8) is 0 Å². The first-order chi connectivity index (χ1) is 10.3. The molecule has 0 amide bonds. The Balaban J connectivity index is 0.00000264. The van der Waals surface area contributed by atoms with Crippen LogP contribution in [0.2, 0.25) is 0 Å². The molecule has 1 aromatic rings. The number of nitrogens with one attached hydrogen (secondary N) is 1. The Kier molecular flexibility index (Phi) is 7.71. The van der Waals surface area contributed by atoms with Crippen LogP contribution in [0.25, 0.3) is 0 Å². The van der Waals surface area contributed by atoms with E-state index in [0.717, 1.165) is 43.0 Å². The Labute approximate surface area is 179 Å². The molecule has 1 N–H and O–H groups in total. The zero-order valence-corrected chi connectivity index (χ0v) is 17.4. The largest absolute Gasteiger partial charge is 1.00 e. The Hall–Kier alpha value is 0.0313. The van der Waals surface area contributed by atoms with Crippen LogP contribution in [0.1, 0.15) is 27.8 Å². The van der Waals surface area contributed by atoms with E-state index in [2.05, 4.69) is 16.1 Å². The maximum Gasteiger partial charge on any atom is 1.00 e. The molecular formula is C16H21BF3KN2. The summed E-state index contributed by atoms with van der Waals surface area (Å²) in [5.41, 5.74) is 4.06. The fraction of sp³-hybridized carbons (Fsp3) is 0.500. The monoisotopic (exact) mass is 348 g/mol. The van der Waals surface area contributed by atoms with Gasteiger partial charge in [0, 0.05) is 37.4 Å². The number of halogens is 3. The van der Waals surface area contributed by atoms with E-state index in [0.29, 0.717) is 16.7 Å². The quantitative estimate of drug-likeness (QED) is 0.608. The summed E-state index contributed by atoms with van der Waals surface area (Å²) < 4.78 is 39.0. The van der Waals surface area contributed by atoms with Gasteiger partial charge in [-0.1, -0.05) is 17.8 Å². The van der Waals surface area contributed by atoms with Crippen LogP contribution in [0.5, 0.6) is 0 Å².